The highest BCUT2D eigenvalue weighted by molar-refractivity contribution is 7.89. The summed E-state index contributed by atoms with van der Waals surface area (Å²) in [6.45, 7) is 6.21. The average molecular weight is 314 g/mol. The molecule has 0 atom stereocenters. The fourth-order valence-electron chi connectivity index (χ4n) is 3.22. The number of nitrogens with one attached hydrogen (secondary N) is 1. The Balaban J connectivity index is 2.19. The van der Waals surface area contributed by atoms with Crippen LogP contribution in [0, 0.1) is 19.3 Å². The lowest BCUT2D eigenvalue weighted by Gasteiger charge is -2.33. The lowest BCUT2D eigenvalue weighted by Crippen LogP contribution is -2.37. The predicted molar refractivity (Wildman–Crippen MR) is 82.5 cm³/mol. The summed E-state index contributed by atoms with van der Waals surface area (Å²) in [7, 11) is -3.57. The van der Waals surface area contributed by atoms with Gasteiger partial charge >= 0.3 is 0 Å². The van der Waals surface area contributed by atoms with Crippen molar-refractivity contribution in [3.8, 4) is 0 Å². The molecule has 1 aliphatic carbocycles. The van der Waals surface area contributed by atoms with Crippen LogP contribution in [0.3, 0.4) is 0 Å². The molecule has 1 fully saturated rings. The zero-order chi connectivity index (χ0) is 15.7. The standard InChI is InChI=1S/C15H26N2O3S/c1-11-13(9-16)14(12(2)20-11)21(18,19)17-10-15(3)7-5-4-6-8-15/h17H,4-10,16H2,1-3H3. The largest absolute Gasteiger partial charge is 0.465 e. The molecule has 1 saturated carbocycles. The van der Waals surface area contributed by atoms with Crippen molar-refractivity contribution in [2.75, 3.05) is 6.54 Å². The quantitative estimate of drug-likeness (QED) is 0.875. The number of hydrogen-bond acceptors (Lipinski definition) is 4. The van der Waals surface area contributed by atoms with Crippen LogP contribution in [-0.2, 0) is 16.6 Å². The number of rotatable bonds is 5. The van der Waals surface area contributed by atoms with Crippen LogP contribution < -0.4 is 10.5 Å². The second kappa shape index (κ2) is 6.10. The molecule has 0 saturated heterocycles. The molecule has 0 aromatic carbocycles. The molecule has 5 nitrogen and oxygen atoms in total. The second-order valence-corrected chi connectivity index (χ2v) is 8.13. The molecule has 1 aliphatic rings. The predicted octanol–water partition coefficient (Wildman–Crippen LogP) is 2.60. The third-order valence-corrected chi connectivity index (χ3v) is 6.14. The second-order valence-electron chi connectivity index (χ2n) is 6.42. The minimum atomic E-state index is -3.57. The van der Waals surface area contributed by atoms with Gasteiger partial charge in [-0.1, -0.05) is 26.2 Å². The van der Waals surface area contributed by atoms with E-state index in [9.17, 15) is 8.42 Å². The van der Waals surface area contributed by atoms with Gasteiger partial charge in [0, 0.05) is 18.7 Å². The molecule has 21 heavy (non-hydrogen) atoms. The molecule has 120 valence electrons. The zero-order valence-electron chi connectivity index (χ0n) is 13.2. The molecular weight excluding hydrogens is 288 g/mol. The normalized spacial score (nSPS) is 18.9. The Kier molecular flexibility index (Phi) is 4.80. The van der Waals surface area contributed by atoms with Gasteiger partial charge in [-0.25, -0.2) is 13.1 Å². The Morgan fingerprint density at radius 2 is 1.81 bits per heavy atom. The van der Waals surface area contributed by atoms with Crippen molar-refractivity contribution in [3.05, 3.63) is 17.1 Å². The third-order valence-electron chi connectivity index (χ3n) is 4.55. The maximum Gasteiger partial charge on any atom is 0.244 e. The lowest BCUT2D eigenvalue weighted by atomic mass is 9.76. The highest BCUT2D eigenvalue weighted by Gasteiger charge is 2.31. The molecule has 0 unspecified atom stereocenters. The Morgan fingerprint density at radius 1 is 1.19 bits per heavy atom. The van der Waals surface area contributed by atoms with Crippen LogP contribution in [0.25, 0.3) is 0 Å². The number of sulfonamides is 1. The topological polar surface area (TPSA) is 85.3 Å². The third kappa shape index (κ3) is 3.49. The highest BCUT2D eigenvalue weighted by atomic mass is 32.2. The fourth-order valence-corrected chi connectivity index (χ4v) is 4.88. The molecule has 1 aromatic rings. The van der Waals surface area contributed by atoms with E-state index >= 15 is 0 Å². The van der Waals surface area contributed by atoms with Crippen molar-refractivity contribution in [3.63, 3.8) is 0 Å². The van der Waals surface area contributed by atoms with E-state index in [1.807, 2.05) is 0 Å². The summed E-state index contributed by atoms with van der Waals surface area (Å²) in [6.07, 6.45) is 5.75. The molecule has 6 heteroatoms. The van der Waals surface area contributed by atoms with Crippen LogP contribution in [-0.4, -0.2) is 15.0 Å². The van der Waals surface area contributed by atoms with E-state index in [1.165, 1.54) is 19.3 Å². The van der Waals surface area contributed by atoms with E-state index in [0.29, 0.717) is 23.6 Å². The van der Waals surface area contributed by atoms with Gasteiger partial charge < -0.3 is 10.2 Å². The number of hydrogen-bond donors (Lipinski definition) is 2. The first-order chi connectivity index (χ1) is 9.79. The van der Waals surface area contributed by atoms with Crippen LogP contribution >= 0.6 is 0 Å². The summed E-state index contributed by atoms with van der Waals surface area (Å²) in [5.41, 5.74) is 6.31. The molecule has 0 spiro atoms. The van der Waals surface area contributed by atoms with Crippen molar-refractivity contribution >= 4 is 10.0 Å². The molecule has 2 rings (SSSR count). The van der Waals surface area contributed by atoms with E-state index in [-0.39, 0.29) is 16.9 Å². The van der Waals surface area contributed by atoms with Gasteiger partial charge in [-0.15, -0.1) is 0 Å². The van der Waals surface area contributed by atoms with Gasteiger partial charge in [0.25, 0.3) is 0 Å². The summed E-state index contributed by atoms with van der Waals surface area (Å²) < 4.78 is 33.4. The van der Waals surface area contributed by atoms with Crippen LogP contribution in [0.4, 0.5) is 0 Å². The van der Waals surface area contributed by atoms with Crippen LogP contribution in [0.1, 0.15) is 56.1 Å². The first-order valence-electron chi connectivity index (χ1n) is 7.58. The van der Waals surface area contributed by atoms with E-state index in [4.69, 9.17) is 10.2 Å². The SMILES string of the molecule is Cc1oc(C)c(S(=O)(=O)NCC2(C)CCCCC2)c1CN. The fraction of sp³-hybridized carbons (Fsp3) is 0.733. The van der Waals surface area contributed by atoms with Crippen LogP contribution in [0.5, 0.6) is 0 Å². The van der Waals surface area contributed by atoms with Gasteiger partial charge in [-0.3, -0.25) is 0 Å². The van der Waals surface area contributed by atoms with Crippen molar-refractivity contribution < 1.29 is 12.8 Å². The van der Waals surface area contributed by atoms with Crippen molar-refractivity contribution in [2.45, 2.75) is 64.3 Å². The van der Waals surface area contributed by atoms with E-state index < -0.39 is 10.0 Å². The van der Waals surface area contributed by atoms with Gasteiger partial charge in [0.05, 0.1) is 0 Å². The van der Waals surface area contributed by atoms with Crippen LogP contribution in [0.2, 0.25) is 0 Å². The number of aryl methyl sites for hydroxylation is 2. The molecule has 1 heterocycles. The van der Waals surface area contributed by atoms with Crippen molar-refractivity contribution in [2.24, 2.45) is 11.1 Å². The van der Waals surface area contributed by atoms with Gasteiger partial charge in [0.2, 0.25) is 10.0 Å². The monoisotopic (exact) mass is 314 g/mol. The summed E-state index contributed by atoms with van der Waals surface area (Å²) in [4.78, 5) is 0.224. The Bertz CT molecular complexity index is 599. The summed E-state index contributed by atoms with van der Waals surface area (Å²) in [5, 5.41) is 0. The van der Waals surface area contributed by atoms with Crippen LogP contribution in [0.15, 0.2) is 9.31 Å². The maximum absolute atomic E-state index is 12.6. The summed E-state index contributed by atoms with van der Waals surface area (Å²) in [6, 6.07) is 0. The minimum Gasteiger partial charge on any atom is -0.465 e. The summed E-state index contributed by atoms with van der Waals surface area (Å²) >= 11 is 0. The minimum absolute atomic E-state index is 0.0564. The summed E-state index contributed by atoms with van der Waals surface area (Å²) in [5.74, 6) is 0.994. The van der Waals surface area contributed by atoms with Crippen molar-refractivity contribution in [1.29, 1.82) is 0 Å². The van der Waals surface area contributed by atoms with E-state index in [0.717, 1.165) is 12.8 Å². The van der Waals surface area contributed by atoms with Gasteiger partial charge in [-0.2, -0.15) is 0 Å². The maximum atomic E-state index is 12.6. The smallest absolute Gasteiger partial charge is 0.244 e. The first-order valence-corrected chi connectivity index (χ1v) is 9.06. The Labute approximate surface area is 127 Å². The van der Waals surface area contributed by atoms with Gasteiger partial charge in [0.1, 0.15) is 16.4 Å². The average Bonchev–Trinajstić information content (AvgIpc) is 2.72. The lowest BCUT2D eigenvalue weighted by molar-refractivity contribution is 0.219. The highest BCUT2D eigenvalue weighted by Crippen LogP contribution is 2.35. The molecule has 0 amide bonds. The molecule has 3 N–H and O–H groups in total. The molecule has 0 aliphatic heterocycles. The Hall–Kier alpha value is -0.850. The molecular formula is C15H26N2O3S. The van der Waals surface area contributed by atoms with E-state index in [1.54, 1.807) is 13.8 Å². The number of nitrogens with two attached hydrogens (primary N) is 1. The zero-order valence-corrected chi connectivity index (χ0v) is 14.0. The first kappa shape index (κ1) is 16.5. The molecule has 0 radical (unpaired) electrons. The Morgan fingerprint density at radius 3 is 2.38 bits per heavy atom. The molecule has 1 aromatic heterocycles. The van der Waals surface area contributed by atoms with Gasteiger partial charge in [-0.05, 0) is 32.1 Å². The number of furan rings is 1. The van der Waals surface area contributed by atoms with E-state index in [2.05, 4.69) is 11.6 Å². The molecule has 0 bridgehead atoms. The van der Waals surface area contributed by atoms with Gasteiger partial charge in [0.15, 0.2) is 0 Å². The van der Waals surface area contributed by atoms with Crippen molar-refractivity contribution in [1.82, 2.24) is 4.72 Å².